The van der Waals surface area contributed by atoms with Gasteiger partial charge in [-0.2, -0.15) is 13.2 Å². The van der Waals surface area contributed by atoms with Gasteiger partial charge in [0.1, 0.15) is 5.65 Å². The molecule has 0 saturated carbocycles. The highest BCUT2D eigenvalue weighted by molar-refractivity contribution is 5.97. The number of amides is 1. The topological polar surface area (TPSA) is 67.7 Å². The quantitative estimate of drug-likeness (QED) is 0.203. The number of rotatable bonds is 7. The van der Waals surface area contributed by atoms with Crippen molar-refractivity contribution in [1.82, 2.24) is 14.9 Å². The van der Waals surface area contributed by atoms with Crippen LogP contribution in [0.5, 0.6) is 0 Å². The molecular formula is C25H19F5N4O2. The number of nitrogens with zero attached hydrogens (tertiary/aromatic N) is 2. The summed E-state index contributed by atoms with van der Waals surface area (Å²) in [6.07, 6.45) is -2.07. The van der Waals surface area contributed by atoms with Crippen LogP contribution in [-0.2, 0) is 9.63 Å². The van der Waals surface area contributed by atoms with Gasteiger partial charge in [-0.15, -0.1) is 0 Å². The maximum Gasteiger partial charge on any atom is 0.471 e. The van der Waals surface area contributed by atoms with Crippen LogP contribution in [0.15, 0.2) is 72.9 Å². The Bertz CT molecular complexity index is 1430. The molecule has 0 bridgehead atoms. The first-order chi connectivity index (χ1) is 17.2. The summed E-state index contributed by atoms with van der Waals surface area (Å²) >= 11 is 0. The van der Waals surface area contributed by atoms with Crippen LogP contribution in [0.4, 0.5) is 27.8 Å². The van der Waals surface area contributed by atoms with Crippen LogP contribution < -0.4 is 10.8 Å². The van der Waals surface area contributed by atoms with E-state index in [1.807, 2.05) is 5.32 Å². The number of aromatic nitrogens is 2. The van der Waals surface area contributed by atoms with E-state index >= 15 is 0 Å². The van der Waals surface area contributed by atoms with E-state index in [-0.39, 0.29) is 34.9 Å². The number of carbonyl (C=O) groups excluding carboxylic acids is 1. The number of alkyl halides is 3. The van der Waals surface area contributed by atoms with E-state index in [0.29, 0.717) is 11.1 Å². The molecule has 186 valence electrons. The van der Waals surface area contributed by atoms with Crippen molar-refractivity contribution in [3.05, 3.63) is 95.7 Å². The standard InChI is InChI=1S/C25H19F5N4O2/c1-31-36-13-12-17(18-8-5-9-19(26)21(18)27)16-10-11-20-32-23(33-24(35)25(28,29)30)22(34(20)14-16)15-6-3-2-4-7-15/h2-12,14,31H,13H2,1H3,(H,33,35). The zero-order chi connectivity index (χ0) is 25.9. The van der Waals surface area contributed by atoms with E-state index in [2.05, 4.69) is 10.5 Å². The fraction of sp³-hybridized carbons (Fsp3) is 0.120. The van der Waals surface area contributed by atoms with Crippen LogP contribution in [0.2, 0.25) is 0 Å². The number of hydroxylamine groups is 1. The number of pyridine rings is 1. The molecule has 2 N–H and O–H groups in total. The Morgan fingerprint density at radius 3 is 2.50 bits per heavy atom. The molecule has 4 rings (SSSR count). The lowest BCUT2D eigenvalue weighted by molar-refractivity contribution is -0.167. The fourth-order valence-corrected chi connectivity index (χ4v) is 3.64. The number of benzene rings is 2. The van der Waals surface area contributed by atoms with Crippen LogP contribution in [0, 0.1) is 11.6 Å². The molecule has 11 heteroatoms. The van der Waals surface area contributed by atoms with Gasteiger partial charge in [-0.1, -0.05) is 42.5 Å². The first-order valence-corrected chi connectivity index (χ1v) is 10.6. The minimum atomic E-state index is -5.12. The molecule has 0 aliphatic rings. The summed E-state index contributed by atoms with van der Waals surface area (Å²) in [5.74, 6) is -4.59. The summed E-state index contributed by atoms with van der Waals surface area (Å²) < 4.78 is 69.1. The number of halogens is 5. The molecule has 0 atom stereocenters. The van der Waals surface area contributed by atoms with Gasteiger partial charge in [-0.25, -0.2) is 19.2 Å². The van der Waals surface area contributed by atoms with Crippen molar-refractivity contribution in [2.45, 2.75) is 6.18 Å². The van der Waals surface area contributed by atoms with E-state index in [4.69, 9.17) is 4.84 Å². The van der Waals surface area contributed by atoms with Crippen LogP contribution in [0.25, 0.3) is 22.5 Å². The molecule has 0 fully saturated rings. The molecule has 36 heavy (non-hydrogen) atoms. The zero-order valence-electron chi connectivity index (χ0n) is 18.7. The van der Waals surface area contributed by atoms with E-state index in [9.17, 15) is 26.7 Å². The van der Waals surface area contributed by atoms with Gasteiger partial charge in [0.25, 0.3) is 0 Å². The molecule has 2 heterocycles. The monoisotopic (exact) mass is 502 g/mol. The number of carbonyl (C=O) groups is 1. The summed E-state index contributed by atoms with van der Waals surface area (Å²) in [7, 11) is 1.54. The number of hydrogen-bond donors (Lipinski definition) is 2. The molecule has 2 aromatic heterocycles. The van der Waals surface area contributed by atoms with Crippen LogP contribution in [-0.4, -0.2) is 35.1 Å². The van der Waals surface area contributed by atoms with Crippen LogP contribution in [0.1, 0.15) is 11.1 Å². The normalized spacial score (nSPS) is 12.2. The van der Waals surface area contributed by atoms with Gasteiger partial charge in [0.2, 0.25) is 0 Å². The molecular weight excluding hydrogens is 483 g/mol. The number of hydrogen-bond acceptors (Lipinski definition) is 4. The second-order valence-electron chi connectivity index (χ2n) is 7.51. The van der Waals surface area contributed by atoms with E-state index in [0.717, 1.165) is 6.07 Å². The molecule has 4 aromatic rings. The third-order valence-corrected chi connectivity index (χ3v) is 5.22. The lowest BCUT2D eigenvalue weighted by atomic mass is 9.98. The van der Waals surface area contributed by atoms with Crippen molar-refractivity contribution in [3.63, 3.8) is 0 Å². The molecule has 6 nitrogen and oxygen atoms in total. The largest absolute Gasteiger partial charge is 0.471 e. The van der Waals surface area contributed by atoms with Crippen molar-refractivity contribution < 1.29 is 31.6 Å². The predicted octanol–water partition coefficient (Wildman–Crippen LogP) is 5.36. The first-order valence-electron chi connectivity index (χ1n) is 10.6. The molecule has 0 aliphatic carbocycles. The number of nitrogens with one attached hydrogen (secondary N) is 2. The van der Waals surface area contributed by atoms with E-state index < -0.39 is 23.7 Å². The molecule has 0 spiro atoms. The van der Waals surface area contributed by atoms with Gasteiger partial charge >= 0.3 is 12.1 Å². The van der Waals surface area contributed by atoms with Gasteiger partial charge in [-0.05, 0) is 35.4 Å². The van der Waals surface area contributed by atoms with Crippen molar-refractivity contribution in [2.75, 3.05) is 19.0 Å². The summed E-state index contributed by atoms with van der Waals surface area (Å²) in [6.45, 7) is 0.00217. The van der Waals surface area contributed by atoms with Crippen molar-refractivity contribution in [3.8, 4) is 11.3 Å². The Hall–Kier alpha value is -4.09. The minimum Gasteiger partial charge on any atom is -0.301 e. The van der Waals surface area contributed by atoms with Crippen molar-refractivity contribution in [2.24, 2.45) is 0 Å². The summed E-state index contributed by atoms with van der Waals surface area (Å²) in [6, 6.07) is 15.2. The second kappa shape index (κ2) is 10.3. The Balaban J connectivity index is 1.92. The smallest absolute Gasteiger partial charge is 0.301 e. The average molecular weight is 502 g/mol. The molecule has 0 unspecified atom stereocenters. The van der Waals surface area contributed by atoms with Crippen LogP contribution in [0.3, 0.4) is 0 Å². The average Bonchev–Trinajstić information content (AvgIpc) is 3.21. The van der Waals surface area contributed by atoms with Crippen LogP contribution >= 0.6 is 0 Å². The maximum absolute atomic E-state index is 14.7. The molecule has 0 saturated heterocycles. The highest BCUT2D eigenvalue weighted by atomic mass is 19.4. The lowest BCUT2D eigenvalue weighted by Gasteiger charge is -2.12. The molecule has 1 amide bonds. The number of imidazole rings is 1. The van der Waals surface area contributed by atoms with E-state index in [1.54, 1.807) is 36.4 Å². The van der Waals surface area contributed by atoms with Gasteiger partial charge in [0, 0.05) is 24.4 Å². The highest BCUT2D eigenvalue weighted by Gasteiger charge is 2.39. The van der Waals surface area contributed by atoms with Crippen molar-refractivity contribution >= 4 is 22.9 Å². The number of fused-ring (bicyclic) bond motifs is 1. The van der Waals surface area contributed by atoms with Gasteiger partial charge in [0.05, 0.1) is 12.3 Å². The van der Waals surface area contributed by atoms with Gasteiger partial charge in [-0.3, -0.25) is 14.0 Å². The highest BCUT2D eigenvalue weighted by Crippen LogP contribution is 2.33. The van der Waals surface area contributed by atoms with Crippen molar-refractivity contribution in [1.29, 1.82) is 0 Å². The zero-order valence-corrected chi connectivity index (χ0v) is 18.7. The summed E-state index contributed by atoms with van der Waals surface area (Å²) in [4.78, 5) is 21.0. The maximum atomic E-state index is 14.7. The summed E-state index contributed by atoms with van der Waals surface area (Å²) in [5.41, 5.74) is 3.99. The SMILES string of the molecule is CNOCC=C(c1ccc2nc(NC(=O)C(F)(F)F)c(-c3ccccc3)n2c1)c1cccc(F)c1F. The molecule has 0 aliphatic heterocycles. The number of anilines is 1. The predicted molar refractivity (Wildman–Crippen MR) is 124 cm³/mol. The van der Waals surface area contributed by atoms with E-state index in [1.165, 1.54) is 41.9 Å². The molecule has 0 radical (unpaired) electrons. The third-order valence-electron chi connectivity index (χ3n) is 5.22. The first kappa shape index (κ1) is 25.0. The fourth-order valence-electron chi connectivity index (χ4n) is 3.64. The Morgan fingerprint density at radius 1 is 1.06 bits per heavy atom. The van der Waals surface area contributed by atoms with Gasteiger partial charge < -0.3 is 5.32 Å². The second-order valence-corrected chi connectivity index (χ2v) is 7.51. The molecule has 2 aromatic carbocycles. The van der Waals surface area contributed by atoms with Gasteiger partial charge in [0.15, 0.2) is 17.5 Å². The lowest BCUT2D eigenvalue weighted by Crippen LogP contribution is -2.30. The Morgan fingerprint density at radius 2 is 1.81 bits per heavy atom. The summed E-state index contributed by atoms with van der Waals surface area (Å²) in [5, 5.41) is 1.83. The third kappa shape index (κ3) is 5.11. The Labute approximate surface area is 202 Å². The minimum absolute atomic E-state index is 0.00217. The Kier molecular flexibility index (Phi) is 7.13.